The largest absolute Gasteiger partial charge is 0.479 e. The van der Waals surface area contributed by atoms with Gasteiger partial charge in [0, 0.05) is 24.5 Å². The predicted octanol–water partition coefficient (Wildman–Crippen LogP) is 3.27. The van der Waals surface area contributed by atoms with Crippen molar-refractivity contribution in [3.8, 4) is 29.6 Å². The smallest absolute Gasteiger partial charge is 0.338 e. The van der Waals surface area contributed by atoms with Gasteiger partial charge in [0.25, 0.3) is 0 Å². The van der Waals surface area contributed by atoms with Gasteiger partial charge in [-0.3, -0.25) is 0 Å². The molecule has 0 atom stereocenters. The molecule has 0 aliphatic rings. The number of rotatable bonds is 6. The number of nitrogens with zero attached hydrogens (tertiary/aromatic N) is 4. The van der Waals surface area contributed by atoms with Crippen LogP contribution in [0.25, 0.3) is 33.5 Å². The lowest BCUT2D eigenvalue weighted by Crippen LogP contribution is -2.29. The van der Waals surface area contributed by atoms with Gasteiger partial charge in [0.1, 0.15) is 23.6 Å². The first-order chi connectivity index (χ1) is 15.6. The number of carboxylic acid groups (broad SMARTS) is 1. The van der Waals surface area contributed by atoms with E-state index < -0.39 is 16.2 Å². The third-order valence-corrected chi connectivity index (χ3v) is 6.82. The van der Waals surface area contributed by atoms with Crippen molar-refractivity contribution >= 4 is 49.7 Å². The van der Waals surface area contributed by atoms with Crippen molar-refractivity contribution in [1.82, 2.24) is 18.2 Å². The normalized spacial score (nSPS) is 11.7. The second-order valence-electron chi connectivity index (χ2n) is 7.13. The zero-order chi connectivity index (χ0) is 23.9. The summed E-state index contributed by atoms with van der Waals surface area (Å²) in [6.45, 7) is -0.0584. The Kier molecular flexibility index (Phi) is 5.71. The molecule has 0 aliphatic heterocycles. The maximum Gasteiger partial charge on any atom is 0.338 e. The highest BCUT2D eigenvalue weighted by Gasteiger charge is 2.30. The fourth-order valence-corrected chi connectivity index (χ4v) is 4.56. The van der Waals surface area contributed by atoms with Gasteiger partial charge >= 0.3 is 16.2 Å². The minimum absolute atomic E-state index is 0.0584. The van der Waals surface area contributed by atoms with Gasteiger partial charge in [-0.15, -0.1) is 6.42 Å². The minimum Gasteiger partial charge on any atom is -0.479 e. The molecule has 2 heterocycles. The molecule has 1 N–H and O–H groups in total. The molecule has 4 aromatic rings. The van der Waals surface area contributed by atoms with Crippen LogP contribution in [0.3, 0.4) is 0 Å². The zero-order valence-corrected chi connectivity index (χ0v) is 19.1. The molecule has 2 aromatic heterocycles. The number of terminal acetylenes is 1. The van der Waals surface area contributed by atoms with Gasteiger partial charge in [-0.05, 0) is 36.4 Å². The monoisotopic (exact) mass is 484 g/mol. The first-order valence-corrected chi connectivity index (χ1v) is 11.3. The van der Waals surface area contributed by atoms with Crippen LogP contribution in [0.5, 0.6) is 5.75 Å². The minimum atomic E-state index is -4.14. The maximum absolute atomic E-state index is 13.3. The van der Waals surface area contributed by atoms with Crippen LogP contribution < -0.4 is 4.74 Å². The van der Waals surface area contributed by atoms with Gasteiger partial charge in [0.2, 0.25) is 0 Å². The second-order valence-corrected chi connectivity index (χ2v) is 9.56. The molecule has 168 valence electrons. The highest BCUT2D eigenvalue weighted by molar-refractivity contribution is 7.87. The average Bonchev–Trinajstić information content (AvgIpc) is 3.17. The number of aromatic nitrogens is 3. The van der Waals surface area contributed by atoms with Gasteiger partial charge in [-0.25, -0.2) is 18.7 Å². The molecule has 0 unspecified atom stereocenters. The fourth-order valence-electron chi connectivity index (χ4n) is 3.32. The summed E-state index contributed by atoms with van der Waals surface area (Å²) in [5.41, 5.74) is 0.442. The number of carbonyl (C=O) groups is 1. The molecule has 0 spiro atoms. The van der Waals surface area contributed by atoms with Crippen LogP contribution in [0.2, 0.25) is 5.02 Å². The molecule has 33 heavy (non-hydrogen) atoms. The third kappa shape index (κ3) is 3.87. The van der Waals surface area contributed by atoms with Gasteiger partial charge in [-0.1, -0.05) is 23.6 Å². The molecule has 0 saturated heterocycles. The molecular weight excluding hydrogens is 468 g/mol. The van der Waals surface area contributed by atoms with Gasteiger partial charge in [-0.2, -0.15) is 12.7 Å². The SMILES string of the molecule is C#CCOc1cccc2c1nc(-c1nc3ccc(Cl)cc3cc1C(=O)O)n2S(=O)(=O)N(C)C. The molecule has 0 amide bonds. The highest BCUT2D eigenvalue weighted by atomic mass is 35.5. The van der Waals surface area contributed by atoms with E-state index in [4.69, 9.17) is 22.8 Å². The lowest BCUT2D eigenvalue weighted by Gasteiger charge is -2.16. The molecule has 0 aliphatic carbocycles. The third-order valence-electron chi connectivity index (χ3n) is 4.83. The van der Waals surface area contributed by atoms with Crippen LogP contribution in [0.15, 0.2) is 42.5 Å². The van der Waals surface area contributed by atoms with Crippen molar-refractivity contribution in [2.75, 3.05) is 20.7 Å². The first kappa shape index (κ1) is 22.5. The number of carboxylic acids is 1. The first-order valence-electron chi connectivity index (χ1n) is 9.50. The molecule has 0 bridgehead atoms. The van der Waals surface area contributed by atoms with Crippen LogP contribution in [-0.2, 0) is 10.2 Å². The van der Waals surface area contributed by atoms with Crippen molar-refractivity contribution in [3.63, 3.8) is 0 Å². The number of hydrogen-bond donors (Lipinski definition) is 1. The zero-order valence-electron chi connectivity index (χ0n) is 17.5. The quantitative estimate of drug-likeness (QED) is 0.417. The van der Waals surface area contributed by atoms with Crippen LogP contribution in [0, 0.1) is 12.3 Å². The Morgan fingerprint density at radius 2 is 2.00 bits per heavy atom. The highest BCUT2D eigenvalue weighted by Crippen LogP contribution is 2.34. The molecule has 9 nitrogen and oxygen atoms in total. The molecule has 11 heteroatoms. The lowest BCUT2D eigenvalue weighted by molar-refractivity contribution is 0.0697. The average molecular weight is 485 g/mol. The summed E-state index contributed by atoms with van der Waals surface area (Å²) >= 11 is 6.04. The predicted molar refractivity (Wildman–Crippen MR) is 125 cm³/mol. The molecule has 0 radical (unpaired) electrons. The van der Waals surface area contributed by atoms with Crippen molar-refractivity contribution in [3.05, 3.63) is 53.1 Å². The van der Waals surface area contributed by atoms with E-state index in [0.717, 1.165) is 8.28 Å². The fraction of sp³-hybridized carbons (Fsp3) is 0.136. The van der Waals surface area contributed by atoms with Crippen LogP contribution >= 0.6 is 11.6 Å². The van der Waals surface area contributed by atoms with Crippen molar-refractivity contribution in [2.45, 2.75) is 0 Å². The van der Waals surface area contributed by atoms with Gasteiger partial charge in [0.15, 0.2) is 5.82 Å². The van der Waals surface area contributed by atoms with E-state index in [1.54, 1.807) is 30.3 Å². The van der Waals surface area contributed by atoms with Crippen molar-refractivity contribution < 1.29 is 23.1 Å². The summed E-state index contributed by atoms with van der Waals surface area (Å²) in [4.78, 5) is 21.0. The second kappa shape index (κ2) is 8.37. The maximum atomic E-state index is 13.3. The van der Waals surface area contributed by atoms with E-state index in [-0.39, 0.29) is 40.5 Å². The summed E-state index contributed by atoms with van der Waals surface area (Å²) in [6.07, 6.45) is 5.28. The molecule has 0 saturated carbocycles. The topological polar surface area (TPSA) is 115 Å². The standard InChI is InChI=1S/C22H17ClN4O5S/c1-4-10-32-18-7-5-6-17-20(18)25-21(27(17)33(30,31)26(2)3)19-15(22(28)29)12-13-11-14(23)8-9-16(13)24-19/h1,5-9,11-12H,10H2,2-3H3,(H,28,29). The Balaban J connectivity index is 2.14. The van der Waals surface area contributed by atoms with E-state index >= 15 is 0 Å². The Morgan fingerprint density at radius 3 is 2.67 bits per heavy atom. The Labute approximate surface area is 194 Å². The van der Waals surface area contributed by atoms with Gasteiger partial charge < -0.3 is 9.84 Å². The summed E-state index contributed by atoms with van der Waals surface area (Å²) in [5.74, 6) is 1.12. The van der Waals surface area contributed by atoms with Crippen LogP contribution in [0.1, 0.15) is 10.4 Å². The van der Waals surface area contributed by atoms with E-state index in [1.807, 2.05) is 0 Å². The Bertz CT molecular complexity index is 1570. The molecule has 2 aromatic carbocycles. The number of benzene rings is 2. The van der Waals surface area contributed by atoms with E-state index in [0.29, 0.717) is 15.9 Å². The van der Waals surface area contributed by atoms with Crippen LogP contribution in [-0.4, -0.2) is 58.4 Å². The molecule has 4 rings (SSSR count). The van der Waals surface area contributed by atoms with E-state index in [2.05, 4.69) is 15.9 Å². The summed E-state index contributed by atoms with van der Waals surface area (Å²) in [7, 11) is -1.42. The van der Waals surface area contributed by atoms with Gasteiger partial charge in [0.05, 0.1) is 16.6 Å². The Hall–Kier alpha value is -3.65. The summed E-state index contributed by atoms with van der Waals surface area (Å²) in [5, 5.41) is 10.8. The van der Waals surface area contributed by atoms with E-state index in [9.17, 15) is 18.3 Å². The summed E-state index contributed by atoms with van der Waals surface area (Å²) < 4.78 is 34.1. The number of ether oxygens (including phenoxy) is 1. The number of hydrogen-bond acceptors (Lipinski definition) is 6. The number of imidazole rings is 1. The number of pyridine rings is 1. The number of para-hydroxylation sites is 1. The molecule has 0 fully saturated rings. The van der Waals surface area contributed by atoms with E-state index in [1.165, 1.54) is 26.2 Å². The van der Waals surface area contributed by atoms with Crippen LogP contribution in [0.4, 0.5) is 0 Å². The number of halogens is 1. The Morgan fingerprint density at radius 1 is 1.24 bits per heavy atom. The number of fused-ring (bicyclic) bond motifs is 2. The van der Waals surface area contributed by atoms with Crippen molar-refractivity contribution in [2.24, 2.45) is 0 Å². The number of aromatic carboxylic acids is 1. The lowest BCUT2D eigenvalue weighted by atomic mass is 10.1. The molecular formula is C22H17ClN4O5S. The van der Waals surface area contributed by atoms with Crippen molar-refractivity contribution in [1.29, 1.82) is 0 Å². The summed E-state index contributed by atoms with van der Waals surface area (Å²) in [6, 6.07) is 10.9.